The lowest BCUT2D eigenvalue weighted by Crippen LogP contribution is -2.56. The largest absolute Gasteiger partial charge is 0.496 e. The number of carbonyl (C=O) groups is 1. The smallest absolute Gasteiger partial charge is 0.222 e. The Morgan fingerprint density at radius 2 is 1.95 bits per heavy atom. The molecule has 0 spiro atoms. The molecule has 1 aliphatic rings. The summed E-state index contributed by atoms with van der Waals surface area (Å²) >= 11 is 0. The minimum absolute atomic E-state index is 0.266. The van der Waals surface area contributed by atoms with E-state index in [-0.39, 0.29) is 5.91 Å². The molecule has 0 bridgehead atoms. The van der Waals surface area contributed by atoms with Gasteiger partial charge in [-0.2, -0.15) is 0 Å². The van der Waals surface area contributed by atoms with Crippen LogP contribution in [0.1, 0.15) is 32.8 Å². The molecule has 4 nitrogen and oxygen atoms in total. The lowest BCUT2D eigenvalue weighted by atomic mass is 9.96. The van der Waals surface area contributed by atoms with E-state index in [2.05, 4.69) is 32.2 Å². The Balaban J connectivity index is 1.91. The summed E-state index contributed by atoms with van der Waals surface area (Å²) in [5.74, 6) is 1.48. The van der Waals surface area contributed by atoms with E-state index in [9.17, 15) is 4.79 Å². The first-order valence-corrected chi connectivity index (χ1v) is 8.15. The van der Waals surface area contributed by atoms with Crippen molar-refractivity contribution in [1.29, 1.82) is 0 Å². The number of ether oxygens (including phenoxy) is 1. The third kappa shape index (κ3) is 4.47. The van der Waals surface area contributed by atoms with Crippen molar-refractivity contribution >= 4 is 5.91 Å². The summed E-state index contributed by atoms with van der Waals surface area (Å²) in [7, 11) is 1.69. The van der Waals surface area contributed by atoms with E-state index in [4.69, 9.17) is 4.74 Å². The quantitative estimate of drug-likeness (QED) is 0.908. The number of nitrogens with zero attached hydrogens (tertiary/aromatic N) is 1. The number of benzene rings is 1. The summed E-state index contributed by atoms with van der Waals surface area (Å²) in [5, 5.41) is 3.46. The first-order valence-electron chi connectivity index (χ1n) is 8.15. The van der Waals surface area contributed by atoms with Gasteiger partial charge < -0.3 is 15.0 Å². The Kier molecular flexibility index (Phi) is 5.83. The molecule has 0 radical (unpaired) electrons. The number of amides is 1. The Morgan fingerprint density at radius 1 is 1.32 bits per heavy atom. The third-order valence-corrected chi connectivity index (χ3v) is 4.19. The zero-order chi connectivity index (χ0) is 16.1. The van der Waals surface area contributed by atoms with Crippen molar-refractivity contribution in [2.24, 2.45) is 5.92 Å². The Morgan fingerprint density at radius 3 is 2.59 bits per heavy atom. The highest BCUT2D eigenvalue weighted by Crippen LogP contribution is 2.22. The number of hydrogen-bond donors (Lipinski definition) is 1. The fourth-order valence-corrected chi connectivity index (χ4v) is 3.28. The second-order valence-electron chi connectivity index (χ2n) is 6.59. The topological polar surface area (TPSA) is 41.6 Å². The highest BCUT2D eigenvalue weighted by molar-refractivity contribution is 5.76. The predicted molar refractivity (Wildman–Crippen MR) is 89.1 cm³/mol. The van der Waals surface area contributed by atoms with Gasteiger partial charge in [0.25, 0.3) is 0 Å². The standard InChI is InChI=1S/C18H28N2O2/c1-13(9-16-7-5-6-8-17(16)22-4)10-18(21)20-11-14(2)19-15(3)12-20/h5-8,13-15,19H,9-12H2,1-4H3/t13-,14-,15+/m1/s1. The minimum atomic E-state index is 0.266. The third-order valence-electron chi connectivity index (χ3n) is 4.19. The van der Waals surface area contributed by atoms with Crippen LogP contribution in [0.3, 0.4) is 0 Å². The normalized spacial score (nSPS) is 23.2. The zero-order valence-corrected chi connectivity index (χ0v) is 14.1. The van der Waals surface area contributed by atoms with Gasteiger partial charge in [-0.25, -0.2) is 0 Å². The fourth-order valence-electron chi connectivity index (χ4n) is 3.28. The van der Waals surface area contributed by atoms with Crippen LogP contribution in [-0.2, 0) is 11.2 Å². The Bertz CT molecular complexity index is 494. The number of hydrogen-bond acceptors (Lipinski definition) is 3. The number of carbonyl (C=O) groups excluding carboxylic acids is 1. The molecule has 0 unspecified atom stereocenters. The molecule has 1 amide bonds. The number of rotatable bonds is 5. The average molecular weight is 304 g/mol. The molecule has 4 heteroatoms. The molecule has 1 N–H and O–H groups in total. The monoisotopic (exact) mass is 304 g/mol. The molecule has 1 aromatic rings. The van der Waals surface area contributed by atoms with Gasteiger partial charge in [0.05, 0.1) is 7.11 Å². The Labute approximate surface area is 133 Å². The molecular weight excluding hydrogens is 276 g/mol. The summed E-state index contributed by atoms with van der Waals surface area (Å²) in [6.45, 7) is 8.02. The maximum atomic E-state index is 12.5. The number of methoxy groups -OCH3 is 1. The lowest BCUT2D eigenvalue weighted by Gasteiger charge is -2.36. The highest BCUT2D eigenvalue weighted by Gasteiger charge is 2.25. The Hall–Kier alpha value is -1.55. The summed E-state index contributed by atoms with van der Waals surface area (Å²) in [4.78, 5) is 14.5. The molecule has 22 heavy (non-hydrogen) atoms. The van der Waals surface area contributed by atoms with Crippen LogP contribution in [0.4, 0.5) is 0 Å². The fraction of sp³-hybridized carbons (Fsp3) is 0.611. The van der Waals surface area contributed by atoms with E-state index in [0.29, 0.717) is 24.4 Å². The summed E-state index contributed by atoms with van der Waals surface area (Å²) in [6, 6.07) is 8.79. The molecule has 1 heterocycles. The van der Waals surface area contributed by atoms with Crippen molar-refractivity contribution in [2.75, 3.05) is 20.2 Å². The SMILES string of the molecule is COc1ccccc1C[C@@H](C)CC(=O)N1C[C@@H](C)N[C@@H](C)C1. The van der Waals surface area contributed by atoms with Crippen molar-refractivity contribution in [3.63, 3.8) is 0 Å². The molecule has 1 saturated heterocycles. The van der Waals surface area contributed by atoms with Gasteiger partial charge in [-0.15, -0.1) is 0 Å². The van der Waals surface area contributed by atoms with Gasteiger partial charge in [-0.1, -0.05) is 25.1 Å². The van der Waals surface area contributed by atoms with Gasteiger partial charge in [-0.05, 0) is 37.8 Å². The van der Waals surface area contributed by atoms with Gasteiger partial charge >= 0.3 is 0 Å². The van der Waals surface area contributed by atoms with E-state index < -0.39 is 0 Å². The van der Waals surface area contributed by atoms with Crippen LogP contribution < -0.4 is 10.1 Å². The van der Waals surface area contributed by atoms with Crippen LogP contribution in [-0.4, -0.2) is 43.1 Å². The second-order valence-corrected chi connectivity index (χ2v) is 6.59. The molecule has 1 fully saturated rings. The van der Waals surface area contributed by atoms with E-state index in [0.717, 1.165) is 25.3 Å². The van der Waals surface area contributed by atoms with E-state index in [1.165, 1.54) is 5.56 Å². The summed E-state index contributed by atoms with van der Waals surface area (Å²) in [5.41, 5.74) is 1.17. The van der Waals surface area contributed by atoms with Gasteiger partial charge in [0, 0.05) is 31.6 Å². The van der Waals surface area contributed by atoms with Gasteiger partial charge in [-0.3, -0.25) is 4.79 Å². The minimum Gasteiger partial charge on any atom is -0.496 e. The second kappa shape index (κ2) is 7.63. The summed E-state index contributed by atoms with van der Waals surface area (Å²) in [6.07, 6.45) is 1.46. The van der Waals surface area contributed by atoms with Crippen molar-refractivity contribution in [1.82, 2.24) is 10.2 Å². The van der Waals surface area contributed by atoms with E-state index >= 15 is 0 Å². The maximum Gasteiger partial charge on any atom is 0.222 e. The van der Waals surface area contributed by atoms with E-state index in [1.807, 2.05) is 23.1 Å². The van der Waals surface area contributed by atoms with Crippen molar-refractivity contribution in [3.05, 3.63) is 29.8 Å². The predicted octanol–water partition coefficient (Wildman–Crippen LogP) is 2.47. The molecule has 122 valence electrons. The molecule has 3 atom stereocenters. The molecule has 0 saturated carbocycles. The molecule has 2 rings (SSSR count). The lowest BCUT2D eigenvalue weighted by molar-refractivity contribution is -0.133. The van der Waals surface area contributed by atoms with Crippen molar-refractivity contribution in [3.8, 4) is 5.75 Å². The van der Waals surface area contributed by atoms with Crippen LogP contribution >= 0.6 is 0 Å². The number of para-hydroxylation sites is 1. The highest BCUT2D eigenvalue weighted by atomic mass is 16.5. The molecular formula is C18H28N2O2. The van der Waals surface area contributed by atoms with Gasteiger partial charge in [0.1, 0.15) is 5.75 Å². The molecule has 0 aromatic heterocycles. The van der Waals surface area contributed by atoms with Crippen LogP contribution in [0.5, 0.6) is 5.75 Å². The van der Waals surface area contributed by atoms with Crippen molar-refractivity contribution < 1.29 is 9.53 Å². The van der Waals surface area contributed by atoms with Crippen LogP contribution in [0.2, 0.25) is 0 Å². The number of nitrogens with one attached hydrogen (secondary N) is 1. The first-order chi connectivity index (χ1) is 10.5. The van der Waals surface area contributed by atoms with Crippen molar-refractivity contribution in [2.45, 2.75) is 45.7 Å². The van der Waals surface area contributed by atoms with Crippen LogP contribution in [0.15, 0.2) is 24.3 Å². The first kappa shape index (κ1) is 16.8. The van der Waals surface area contributed by atoms with Crippen LogP contribution in [0.25, 0.3) is 0 Å². The molecule has 1 aromatic carbocycles. The van der Waals surface area contributed by atoms with Gasteiger partial charge in [0.2, 0.25) is 5.91 Å². The van der Waals surface area contributed by atoms with Crippen LogP contribution in [0, 0.1) is 5.92 Å². The molecule has 0 aliphatic carbocycles. The maximum absolute atomic E-state index is 12.5. The zero-order valence-electron chi connectivity index (χ0n) is 14.1. The molecule has 1 aliphatic heterocycles. The average Bonchev–Trinajstić information content (AvgIpc) is 2.46. The van der Waals surface area contributed by atoms with E-state index in [1.54, 1.807) is 7.11 Å². The van der Waals surface area contributed by atoms with Gasteiger partial charge in [0.15, 0.2) is 0 Å². The number of piperazine rings is 1. The summed E-state index contributed by atoms with van der Waals surface area (Å²) < 4.78 is 5.39.